The first-order chi connectivity index (χ1) is 9.99. The highest BCUT2D eigenvalue weighted by atomic mass is 28.4. The smallest absolute Gasteiger partial charge is 0.465 e. The third-order valence-corrected chi connectivity index (χ3v) is 7.77. The van der Waals surface area contributed by atoms with Crippen LogP contribution in [0.25, 0.3) is 0 Å². The number of carbonyl (C=O) groups is 1. The summed E-state index contributed by atoms with van der Waals surface area (Å²) in [5.41, 5.74) is -0.336. The summed E-state index contributed by atoms with van der Waals surface area (Å²) in [5.74, 6) is 0.835. The van der Waals surface area contributed by atoms with Crippen LogP contribution < -0.4 is 0 Å². The SMILES string of the molecule is CO[Si](CCCOC(=O)C1(C)CC2C=CC1C2)(OC)OC. The summed E-state index contributed by atoms with van der Waals surface area (Å²) < 4.78 is 21.5. The van der Waals surface area contributed by atoms with Crippen molar-refractivity contribution < 1.29 is 22.8 Å². The Labute approximate surface area is 128 Å². The van der Waals surface area contributed by atoms with E-state index in [4.69, 9.17) is 18.0 Å². The number of ether oxygens (including phenoxy) is 1. The molecule has 120 valence electrons. The molecule has 2 aliphatic rings. The largest absolute Gasteiger partial charge is 0.500 e. The standard InChI is InChI=1S/C15H26O5Si/c1-15(11-12-6-7-13(15)10-12)14(16)20-8-5-9-21(17-2,18-3)19-4/h6-7,12-13H,5,8-11H2,1-4H3. The van der Waals surface area contributed by atoms with Gasteiger partial charge in [-0.05, 0) is 38.0 Å². The minimum absolute atomic E-state index is 0.0705. The van der Waals surface area contributed by atoms with Crippen molar-refractivity contribution in [3.8, 4) is 0 Å². The fourth-order valence-electron chi connectivity index (χ4n) is 3.50. The molecule has 1 fully saturated rings. The van der Waals surface area contributed by atoms with E-state index < -0.39 is 8.80 Å². The van der Waals surface area contributed by atoms with Crippen molar-refractivity contribution in [2.75, 3.05) is 27.9 Å². The molecule has 2 aliphatic carbocycles. The second kappa shape index (κ2) is 6.60. The van der Waals surface area contributed by atoms with Crippen LogP contribution in [0.4, 0.5) is 0 Å². The zero-order valence-corrected chi connectivity index (χ0v) is 14.4. The van der Waals surface area contributed by atoms with Crippen LogP contribution in [0.1, 0.15) is 26.2 Å². The number of carbonyl (C=O) groups excluding carboxylic acids is 1. The van der Waals surface area contributed by atoms with Gasteiger partial charge in [0.15, 0.2) is 0 Å². The summed E-state index contributed by atoms with van der Waals surface area (Å²) in [5, 5.41) is 0. The summed E-state index contributed by atoms with van der Waals surface area (Å²) >= 11 is 0. The van der Waals surface area contributed by atoms with Gasteiger partial charge in [-0.3, -0.25) is 4.79 Å². The maximum absolute atomic E-state index is 12.4. The van der Waals surface area contributed by atoms with E-state index in [-0.39, 0.29) is 11.4 Å². The van der Waals surface area contributed by atoms with Crippen molar-refractivity contribution in [1.82, 2.24) is 0 Å². The molecule has 0 aliphatic heterocycles. The molecule has 0 N–H and O–H groups in total. The molecule has 0 heterocycles. The van der Waals surface area contributed by atoms with E-state index in [1.807, 2.05) is 6.92 Å². The van der Waals surface area contributed by atoms with Crippen LogP contribution in [0.3, 0.4) is 0 Å². The van der Waals surface area contributed by atoms with Gasteiger partial charge in [0.1, 0.15) is 0 Å². The lowest BCUT2D eigenvalue weighted by atomic mass is 9.78. The van der Waals surface area contributed by atoms with Crippen molar-refractivity contribution in [1.29, 1.82) is 0 Å². The zero-order chi connectivity index (χ0) is 15.5. The molecule has 6 heteroatoms. The molecule has 0 aromatic rings. The Bertz CT molecular complexity index is 399. The van der Waals surface area contributed by atoms with Gasteiger partial charge in [0.05, 0.1) is 12.0 Å². The van der Waals surface area contributed by atoms with Gasteiger partial charge >= 0.3 is 14.8 Å². The van der Waals surface area contributed by atoms with E-state index in [1.165, 1.54) is 0 Å². The minimum Gasteiger partial charge on any atom is -0.465 e. The van der Waals surface area contributed by atoms with Crippen molar-refractivity contribution in [3.05, 3.63) is 12.2 Å². The quantitative estimate of drug-likeness (QED) is 0.298. The molecule has 3 atom stereocenters. The number of hydrogen-bond acceptors (Lipinski definition) is 5. The lowest BCUT2D eigenvalue weighted by Gasteiger charge is -2.29. The van der Waals surface area contributed by atoms with Gasteiger partial charge in [-0.15, -0.1) is 0 Å². The molecule has 0 aromatic heterocycles. The molecule has 0 saturated heterocycles. The predicted octanol–water partition coefficient (Wildman–Crippen LogP) is 2.40. The zero-order valence-electron chi connectivity index (χ0n) is 13.4. The van der Waals surface area contributed by atoms with Gasteiger partial charge in [-0.25, -0.2) is 0 Å². The molecular weight excluding hydrogens is 288 g/mol. The Balaban J connectivity index is 1.76. The van der Waals surface area contributed by atoms with E-state index in [9.17, 15) is 4.79 Å². The monoisotopic (exact) mass is 314 g/mol. The Morgan fingerprint density at radius 1 is 1.24 bits per heavy atom. The van der Waals surface area contributed by atoms with E-state index >= 15 is 0 Å². The molecule has 5 nitrogen and oxygen atoms in total. The van der Waals surface area contributed by atoms with Crippen LogP contribution in [0, 0.1) is 17.3 Å². The summed E-state index contributed by atoms with van der Waals surface area (Å²) in [7, 11) is 2.22. The van der Waals surface area contributed by atoms with Gasteiger partial charge in [-0.2, -0.15) is 0 Å². The lowest BCUT2D eigenvalue weighted by Crippen LogP contribution is -2.43. The van der Waals surface area contributed by atoms with E-state index in [2.05, 4.69) is 12.2 Å². The second-order valence-electron chi connectivity index (χ2n) is 6.14. The first kappa shape index (κ1) is 16.7. The van der Waals surface area contributed by atoms with Crippen molar-refractivity contribution in [3.63, 3.8) is 0 Å². The van der Waals surface area contributed by atoms with Crippen LogP contribution in [0.15, 0.2) is 12.2 Å². The van der Waals surface area contributed by atoms with E-state index in [1.54, 1.807) is 21.3 Å². The van der Waals surface area contributed by atoms with Crippen molar-refractivity contribution in [2.45, 2.75) is 32.2 Å². The number of allylic oxidation sites excluding steroid dienone is 2. The number of rotatable bonds is 8. The van der Waals surface area contributed by atoms with Crippen molar-refractivity contribution >= 4 is 14.8 Å². The molecule has 21 heavy (non-hydrogen) atoms. The molecule has 2 bridgehead atoms. The van der Waals surface area contributed by atoms with Crippen molar-refractivity contribution in [2.24, 2.45) is 17.3 Å². The molecule has 0 radical (unpaired) electrons. The van der Waals surface area contributed by atoms with Gasteiger partial charge in [0, 0.05) is 27.4 Å². The summed E-state index contributed by atoms with van der Waals surface area (Å²) in [4.78, 5) is 12.4. The van der Waals surface area contributed by atoms with Gasteiger partial charge in [0.2, 0.25) is 0 Å². The summed E-state index contributed by atoms with van der Waals surface area (Å²) in [6, 6.07) is 0.645. The van der Waals surface area contributed by atoms with Crippen LogP contribution in [0.5, 0.6) is 0 Å². The highest BCUT2D eigenvalue weighted by Crippen LogP contribution is 2.52. The van der Waals surface area contributed by atoms with Gasteiger partial charge < -0.3 is 18.0 Å². The lowest BCUT2D eigenvalue weighted by molar-refractivity contribution is -0.156. The number of hydrogen-bond donors (Lipinski definition) is 0. The molecule has 0 spiro atoms. The highest BCUT2D eigenvalue weighted by molar-refractivity contribution is 6.60. The second-order valence-corrected chi connectivity index (χ2v) is 9.23. The molecule has 2 rings (SSSR count). The molecular formula is C15H26O5Si. The number of fused-ring (bicyclic) bond motifs is 2. The Kier molecular flexibility index (Phi) is 5.24. The van der Waals surface area contributed by atoms with Gasteiger partial charge in [-0.1, -0.05) is 12.2 Å². The maximum Gasteiger partial charge on any atom is 0.500 e. The Hall–Kier alpha value is -0.693. The summed E-state index contributed by atoms with van der Waals surface area (Å²) in [6.45, 7) is 2.42. The van der Waals surface area contributed by atoms with E-state index in [0.29, 0.717) is 30.9 Å². The highest BCUT2D eigenvalue weighted by Gasteiger charge is 2.51. The minimum atomic E-state index is -2.56. The van der Waals surface area contributed by atoms with Crippen LogP contribution in [-0.4, -0.2) is 42.7 Å². The third-order valence-electron chi connectivity index (χ3n) is 4.94. The summed E-state index contributed by atoms with van der Waals surface area (Å²) in [6.07, 6.45) is 7.11. The van der Waals surface area contributed by atoms with Crippen LogP contribution in [-0.2, 0) is 22.8 Å². The topological polar surface area (TPSA) is 54.0 Å². The average Bonchev–Trinajstić information content (AvgIpc) is 3.09. The Morgan fingerprint density at radius 3 is 2.38 bits per heavy atom. The molecule has 0 amide bonds. The van der Waals surface area contributed by atoms with Crippen LogP contribution in [0.2, 0.25) is 6.04 Å². The van der Waals surface area contributed by atoms with Gasteiger partial charge in [0.25, 0.3) is 0 Å². The predicted molar refractivity (Wildman–Crippen MR) is 80.6 cm³/mol. The number of esters is 1. The fraction of sp³-hybridized carbons (Fsp3) is 0.800. The molecule has 1 saturated carbocycles. The third kappa shape index (κ3) is 3.23. The maximum atomic E-state index is 12.4. The average molecular weight is 314 g/mol. The first-order valence-corrected chi connectivity index (χ1v) is 9.44. The molecule has 3 unspecified atom stereocenters. The first-order valence-electron chi connectivity index (χ1n) is 7.50. The fourth-order valence-corrected chi connectivity index (χ4v) is 5.19. The van der Waals surface area contributed by atoms with E-state index in [0.717, 1.165) is 12.8 Å². The molecule has 0 aromatic carbocycles. The van der Waals surface area contributed by atoms with Crippen LogP contribution >= 0.6 is 0 Å². The Morgan fingerprint density at radius 2 is 1.90 bits per heavy atom. The normalized spacial score (nSPS) is 30.9.